The van der Waals surface area contributed by atoms with Crippen LogP contribution in [0, 0.1) is 0 Å². The standard InChI is InChI=1S/C13H15N3/c1-2-6-11(7-3-1)10-12-14-13-8-4-5-9-16(13)15-12/h1-3,6-7H,4-5,8-10H2. The van der Waals surface area contributed by atoms with Gasteiger partial charge < -0.3 is 0 Å². The Morgan fingerprint density at radius 1 is 1.12 bits per heavy atom. The molecule has 82 valence electrons. The van der Waals surface area contributed by atoms with Gasteiger partial charge in [-0.25, -0.2) is 9.67 Å². The molecular weight excluding hydrogens is 198 g/mol. The molecule has 0 spiro atoms. The van der Waals surface area contributed by atoms with Crippen LogP contribution in [0.4, 0.5) is 0 Å². The molecule has 0 bridgehead atoms. The fourth-order valence-corrected chi connectivity index (χ4v) is 2.19. The lowest BCUT2D eigenvalue weighted by atomic mass is 10.1. The third kappa shape index (κ3) is 1.85. The fourth-order valence-electron chi connectivity index (χ4n) is 2.19. The Labute approximate surface area is 95.1 Å². The Bertz CT molecular complexity index is 450. The molecule has 3 heteroatoms. The molecule has 0 saturated heterocycles. The Kier molecular flexibility index (Phi) is 2.44. The first-order valence-electron chi connectivity index (χ1n) is 5.88. The van der Waals surface area contributed by atoms with Crippen molar-refractivity contribution >= 4 is 0 Å². The SMILES string of the molecule is c1ccc(Cc2nc3n(n2)CCCC3)cc1. The summed E-state index contributed by atoms with van der Waals surface area (Å²) in [6, 6.07) is 10.4. The fraction of sp³-hybridized carbons (Fsp3) is 0.385. The molecule has 3 rings (SSSR count). The van der Waals surface area contributed by atoms with Gasteiger partial charge in [0.2, 0.25) is 0 Å². The van der Waals surface area contributed by atoms with Crippen LogP contribution in [-0.4, -0.2) is 14.8 Å². The smallest absolute Gasteiger partial charge is 0.155 e. The highest BCUT2D eigenvalue weighted by molar-refractivity contribution is 5.18. The van der Waals surface area contributed by atoms with Gasteiger partial charge in [-0.05, 0) is 18.4 Å². The molecule has 1 aliphatic rings. The van der Waals surface area contributed by atoms with Gasteiger partial charge in [0.05, 0.1) is 0 Å². The highest BCUT2D eigenvalue weighted by Crippen LogP contribution is 2.13. The highest BCUT2D eigenvalue weighted by atomic mass is 15.3. The van der Waals surface area contributed by atoms with Crippen molar-refractivity contribution in [3.8, 4) is 0 Å². The zero-order valence-electron chi connectivity index (χ0n) is 9.26. The molecule has 0 atom stereocenters. The van der Waals surface area contributed by atoms with Crippen molar-refractivity contribution < 1.29 is 0 Å². The van der Waals surface area contributed by atoms with Crippen molar-refractivity contribution in [1.29, 1.82) is 0 Å². The number of benzene rings is 1. The maximum Gasteiger partial charge on any atom is 0.155 e. The normalized spacial score (nSPS) is 14.8. The number of nitrogens with zero attached hydrogens (tertiary/aromatic N) is 3. The van der Waals surface area contributed by atoms with Crippen LogP contribution >= 0.6 is 0 Å². The van der Waals surface area contributed by atoms with Gasteiger partial charge in [-0.1, -0.05) is 30.3 Å². The lowest BCUT2D eigenvalue weighted by Crippen LogP contribution is -2.11. The van der Waals surface area contributed by atoms with Gasteiger partial charge in [0.1, 0.15) is 5.82 Å². The first-order chi connectivity index (χ1) is 7.92. The Hall–Kier alpha value is -1.64. The number of hydrogen-bond donors (Lipinski definition) is 0. The summed E-state index contributed by atoms with van der Waals surface area (Å²) in [6.07, 6.45) is 4.42. The van der Waals surface area contributed by atoms with Crippen molar-refractivity contribution in [3.63, 3.8) is 0 Å². The zero-order valence-corrected chi connectivity index (χ0v) is 9.26. The van der Waals surface area contributed by atoms with Gasteiger partial charge in [0.15, 0.2) is 5.82 Å². The summed E-state index contributed by atoms with van der Waals surface area (Å²) in [5.74, 6) is 2.13. The van der Waals surface area contributed by atoms with Crippen LogP contribution in [0.5, 0.6) is 0 Å². The van der Waals surface area contributed by atoms with E-state index in [4.69, 9.17) is 0 Å². The van der Waals surface area contributed by atoms with Crippen LogP contribution in [0.15, 0.2) is 30.3 Å². The zero-order chi connectivity index (χ0) is 10.8. The maximum absolute atomic E-state index is 4.60. The summed E-state index contributed by atoms with van der Waals surface area (Å²) < 4.78 is 2.07. The van der Waals surface area contributed by atoms with Crippen LogP contribution in [0.2, 0.25) is 0 Å². The minimum atomic E-state index is 0.848. The van der Waals surface area contributed by atoms with E-state index < -0.39 is 0 Å². The van der Waals surface area contributed by atoms with Crippen LogP contribution in [0.25, 0.3) is 0 Å². The summed E-state index contributed by atoms with van der Waals surface area (Å²) in [7, 11) is 0. The summed E-state index contributed by atoms with van der Waals surface area (Å²) in [5, 5.41) is 4.55. The largest absolute Gasteiger partial charge is 0.250 e. The van der Waals surface area contributed by atoms with Crippen molar-refractivity contribution in [1.82, 2.24) is 14.8 Å². The van der Waals surface area contributed by atoms with E-state index in [1.54, 1.807) is 0 Å². The van der Waals surface area contributed by atoms with Gasteiger partial charge in [-0.3, -0.25) is 0 Å². The summed E-state index contributed by atoms with van der Waals surface area (Å²) >= 11 is 0. The predicted octanol–water partition coefficient (Wildman–Crippen LogP) is 2.21. The predicted molar refractivity (Wildman–Crippen MR) is 62.2 cm³/mol. The third-order valence-electron chi connectivity index (χ3n) is 3.02. The lowest BCUT2D eigenvalue weighted by Gasteiger charge is -2.09. The van der Waals surface area contributed by atoms with Gasteiger partial charge in [0, 0.05) is 19.4 Å². The Morgan fingerprint density at radius 2 is 2.00 bits per heavy atom. The van der Waals surface area contributed by atoms with E-state index in [2.05, 4.69) is 39.0 Å². The number of fused-ring (bicyclic) bond motifs is 1. The van der Waals surface area contributed by atoms with Crippen LogP contribution in [-0.2, 0) is 19.4 Å². The summed E-state index contributed by atoms with van der Waals surface area (Å²) in [5.41, 5.74) is 1.28. The summed E-state index contributed by atoms with van der Waals surface area (Å²) in [4.78, 5) is 4.60. The van der Waals surface area contributed by atoms with Gasteiger partial charge in [0.25, 0.3) is 0 Å². The summed E-state index contributed by atoms with van der Waals surface area (Å²) in [6.45, 7) is 1.04. The van der Waals surface area contributed by atoms with Crippen LogP contribution in [0.3, 0.4) is 0 Å². The van der Waals surface area contributed by atoms with Gasteiger partial charge in [-0.15, -0.1) is 0 Å². The molecule has 0 N–H and O–H groups in total. The van der Waals surface area contributed by atoms with Crippen LogP contribution < -0.4 is 0 Å². The molecule has 1 aliphatic heterocycles. The number of aromatic nitrogens is 3. The minimum Gasteiger partial charge on any atom is -0.250 e. The molecule has 0 saturated carbocycles. The molecule has 2 heterocycles. The molecule has 0 amide bonds. The van der Waals surface area contributed by atoms with E-state index >= 15 is 0 Å². The monoisotopic (exact) mass is 213 g/mol. The third-order valence-corrected chi connectivity index (χ3v) is 3.02. The topological polar surface area (TPSA) is 30.7 Å². The minimum absolute atomic E-state index is 0.848. The van der Waals surface area contributed by atoms with E-state index in [1.807, 2.05) is 6.07 Å². The van der Waals surface area contributed by atoms with E-state index in [1.165, 1.54) is 18.4 Å². The van der Waals surface area contributed by atoms with Crippen molar-refractivity contribution in [3.05, 3.63) is 47.5 Å². The van der Waals surface area contributed by atoms with E-state index in [0.29, 0.717) is 0 Å². The van der Waals surface area contributed by atoms with Crippen LogP contribution in [0.1, 0.15) is 30.1 Å². The average molecular weight is 213 g/mol. The number of rotatable bonds is 2. The van der Waals surface area contributed by atoms with E-state index in [0.717, 1.165) is 31.0 Å². The molecule has 0 unspecified atom stereocenters. The lowest BCUT2D eigenvalue weighted by molar-refractivity contribution is 0.478. The van der Waals surface area contributed by atoms with Crippen molar-refractivity contribution in [2.75, 3.05) is 0 Å². The molecule has 0 fully saturated rings. The second-order valence-corrected chi connectivity index (χ2v) is 4.29. The first-order valence-corrected chi connectivity index (χ1v) is 5.88. The molecule has 1 aromatic carbocycles. The molecular formula is C13H15N3. The molecule has 3 nitrogen and oxygen atoms in total. The quantitative estimate of drug-likeness (QED) is 0.765. The molecule has 0 radical (unpaired) electrons. The molecule has 2 aromatic rings. The average Bonchev–Trinajstić information content (AvgIpc) is 2.72. The Morgan fingerprint density at radius 3 is 2.81 bits per heavy atom. The van der Waals surface area contributed by atoms with E-state index in [-0.39, 0.29) is 0 Å². The first kappa shape index (κ1) is 9.58. The highest BCUT2D eigenvalue weighted by Gasteiger charge is 2.13. The van der Waals surface area contributed by atoms with Crippen molar-refractivity contribution in [2.45, 2.75) is 32.2 Å². The number of hydrogen-bond acceptors (Lipinski definition) is 2. The second kappa shape index (κ2) is 4.08. The van der Waals surface area contributed by atoms with Crippen molar-refractivity contribution in [2.24, 2.45) is 0 Å². The second-order valence-electron chi connectivity index (χ2n) is 4.29. The van der Waals surface area contributed by atoms with Gasteiger partial charge in [-0.2, -0.15) is 5.10 Å². The molecule has 1 aromatic heterocycles. The van der Waals surface area contributed by atoms with Gasteiger partial charge >= 0.3 is 0 Å². The molecule has 16 heavy (non-hydrogen) atoms. The van der Waals surface area contributed by atoms with E-state index in [9.17, 15) is 0 Å². The number of aryl methyl sites for hydroxylation is 2. The Balaban J connectivity index is 1.83. The molecule has 0 aliphatic carbocycles. The maximum atomic E-state index is 4.60.